The molecule has 98 valence electrons. The first-order valence-corrected chi connectivity index (χ1v) is 7.33. The Morgan fingerprint density at radius 2 is 2.44 bits per heavy atom. The van der Waals surface area contributed by atoms with Crippen LogP contribution in [0.4, 0.5) is 0 Å². The molecule has 2 aliphatic rings. The van der Waals surface area contributed by atoms with Gasteiger partial charge in [-0.15, -0.1) is 11.3 Å². The summed E-state index contributed by atoms with van der Waals surface area (Å²) in [7, 11) is 0. The first-order chi connectivity index (χ1) is 8.75. The van der Waals surface area contributed by atoms with Crippen LogP contribution in [0, 0.1) is 0 Å². The Labute approximate surface area is 111 Å². The predicted molar refractivity (Wildman–Crippen MR) is 70.3 cm³/mol. The Kier molecular flexibility index (Phi) is 3.37. The zero-order chi connectivity index (χ0) is 12.5. The Morgan fingerprint density at radius 3 is 3.11 bits per heavy atom. The minimum absolute atomic E-state index is 0.0432. The number of amides is 1. The summed E-state index contributed by atoms with van der Waals surface area (Å²) in [6, 6.07) is 4.04. The van der Waals surface area contributed by atoms with Gasteiger partial charge in [-0.3, -0.25) is 4.79 Å². The fraction of sp³-hybridized carbons (Fsp3) is 0.615. The molecule has 2 saturated heterocycles. The van der Waals surface area contributed by atoms with Gasteiger partial charge < -0.3 is 15.4 Å². The lowest BCUT2D eigenvalue weighted by Gasteiger charge is -2.28. The first kappa shape index (κ1) is 12.1. The average molecular weight is 266 g/mol. The minimum Gasteiger partial charge on any atom is -0.376 e. The number of hydrogen-bond donors (Lipinski definition) is 1. The van der Waals surface area contributed by atoms with Gasteiger partial charge in [0, 0.05) is 30.5 Å². The lowest BCUT2D eigenvalue weighted by molar-refractivity contribution is -0.130. The van der Waals surface area contributed by atoms with Crippen LogP contribution in [0.3, 0.4) is 0 Å². The van der Waals surface area contributed by atoms with Gasteiger partial charge >= 0.3 is 0 Å². The van der Waals surface area contributed by atoms with Crippen molar-refractivity contribution in [1.29, 1.82) is 0 Å². The number of nitrogens with zero attached hydrogens (tertiary/aromatic N) is 1. The molecule has 0 saturated carbocycles. The molecular weight excluding hydrogens is 248 g/mol. The fourth-order valence-corrected chi connectivity index (χ4v) is 3.78. The second-order valence-corrected chi connectivity index (χ2v) is 5.99. The molecule has 0 bridgehead atoms. The molecule has 1 aromatic heterocycles. The largest absolute Gasteiger partial charge is 0.376 e. The van der Waals surface area contributed by atoms with E-state index in [2.05, 4.69) is 6.07 Å². The molecule has 3 atom stereocenters. The molecular formula is C13H18N2O2S. The Bertz CT molecular complexity index is 415. The van der Waals surface area contributed by atoms with E-state index in [1.807, 2.05) is 16.3 Å². The van der Waals surface area contributed by atoms with Crippen molar-refractivity contribution < 1.29 is 9.53 Å². The summed E-state index contributed by atoms with van der Waals surface area (Å²) < 4.78 is 5.63. The molecule has 3 unspecified atom stereocenters. The smallest absolute Gasteiger partial charge is 0.224 e. The van der Waals surface area contributed by atoms with E-state index in [1.54, 1.807) is 11.3 Å². The quantitative estimate of drug-likeness (QED) is 0.902. The number of thiophene rings is 1. The zero-order valence-electron chi connectivity index (χ0n) is 10.2. The third-order valence-electron chi connectivity index (χ3n) is 3.73. The maximum absolute atomic E-state index is 12.1. The maximum atomic E-state index is 12.1. The van der Waals surface area contributed by atoms with Gasteiger partial charge in [0.1, 0.15) is 0 Å². The van der Waals surface area contributed by atoms with Crippen LogP contribution in [0.1, 0.15) is 30.2 Å². The normalized spacial score (nSPS) is 32.4. The number of hydrogen-bond acceptors (Lipinski definition) is 4. The van der Waals surface area contributed by atoms with Crippen molar-refractivity contribution in [2.24, 2.45) is 5.73 Å². The molecule has 18 heavy (non-hydrogen) atoms. The van der Waals surface area contributed by atoms with Crippen molar-refractivity contribution in [3.8, 4) is 0 Å². The first-order valence-electron chi connectivity index (χ1n) is 6.46. The molecule has 2 aliphatic heterocycles. The molecule has 1 aromatic rings. The number of ether oxygens (including phenoxy) is 1. The highest BCUT2D eigenvalue weighted by Gasteiger charge is 2.40. The van der Waals surface area contributed by atoms with Gasteiger partial charge in [0.25, 0.3) is 0 Å². The van der Waals surface area contributed by atoms with Crippen molar-refractivity contribution in [2.75, 3.05) is 13.2 Å². The molecule has 0 aliphatic carbocycles. The minimum atomic E-state index is -0.0856. The van der Waals surface area contributed by atoms with E-state index in [-0.39, 0.29) is 24.1 Å². The summed E-state index contributed by atoms with van der Waals surface area (Å²) in [6.45, 7) is 1.51. The van der Waals surface area contributed by atoms with Crippen molar-refractivity contribution in [3.63, 3.8) is 0 Å². The van der Waals surface area contributed by atoms with Crippen molar-refractivity contribution >= 4 is 17.2 Å². The molecule has 2 N–H and O–H groups in total. The molecule has 0 spiro atoms. The van der Waals surface area contributed by atoms with Gasteiger partial charge in [-0.2, -0.15) is 0 Å². The SMILES string of the molecule is NC1CC(=O)N(CC2CCCO2)C1c1cccs1. The van der Waals surface area contributed by atoms with Gasteiger partial charge in [0.05, 0.1) is 12.1 Å². The molecule has 3 rings (SSSR count). The second kappa shape index (κ2) is 4.99. The molecule has 1 amide bonds. The van der Waals surface area contributed by atoms with Crippen molar-refractivity contribution in [1.82, 2.24) is 4.90 Å². The van der Waals surface area contributed by atoms with Crippen LogP contribution in [0.5, 0.6) is 0 Å². The standard InChI is InChI=1S/C13H18N2O2S/c14-10-7-12(16)15(8-9-3-1-5-17-9)13(10)11-4-2-6-18-11/h2,4,6,9-10,13H,1,3,5,7-8,14H2. The highest BCUT2D eigenvalue weighted by Crippen LogP contribution is 2.35. The van der Waals surface area contributed by atoms with Crippen LogP contribution in [-0.2, 0) is 9.53 Å². The lowest BCUT2D eigenvalue weighted by Crippen LogP contribution is -2.37. The maximum Gasteiger partial charge on any atom is 0.224 e. The number of nitrogens with two attached hydrogens (primary N) is 1. The summed E-state index contributed by atoms with van der Waals surface area (Å²) in [5.41, 5.74) is 6.13. The number of rotatable bonds is 3. The van der Waals surface area contributed by atoms with E-state index in [0.717, 1.165) is 19.4 Å². The van der Waals surface area contributed by atoms with E-state index >= 15 is 0 Å². The highest BCUT2D eigenvalue weighted by molar-refractivity contribution is 7.10. The monoisotopic (exact) mass is 266 g/mol. The third kappa shape index (κ3) is 2.18. The Morgan fingerprint density at radius 1 is 1.56 bits per heavy atom. The van der Waals surface area contributed by atoms with Gasteiger partial charge in [-0.1, -0.05) is 6.07 Å². The van der Waals surface area contributed by atoms with Gasteiger partial charge in [-0.05, 0) is 24.3 Å². The van der Waals surface area contributed by atoms with Gasteiger partial charge in [0.15, 0.2) is 0 Å². The van der Waals surface area contributed by atoms with E-state index < -0.39 is 0 Å². The van der Waals surface area contributed by atoms with Crippen LogP contribution in [0.2, 0.25) is 0 Å². The lowest BCUT2D eigenvalue weighted by atomic mass is 10.1. The zero-order valence-corrected chi connectivity index (χ0v) is 11.1. The molecule has 2 fully saturated rings. The molecule has 0 radical (unpaired) electrons. The fourth-order valence-electron chi connectivity index (χ4n) is 2.86. The highest BCUT2D eigenvalue weighted by atomic mass is 32.1. The Hall–Kier alpha value is -0.910. The van der Waals surface area contributed by atoms with Crippen molar-refractivity contribution in [2.45, 2.75) is 37.5 Å². The van der Waals surface area contributed by atoms with Crippen LogP contribution in [0.15, 0.2) is 17.5 Å². The second-order valence-electron chi connectivity index (χ2n) is 5.01. The Balaban J connectivity index is 1.78. The summed E-state index contributed by atoms with van der Waals surface area (Å²) in [4.78, 5) is 15.2. The summed E-state index contributed by atoms with van der Waals surface area (Å²) >= 11 is 1.67. The van der Waals surface area contributed by atoms with Gasteiger partial charge in [0.2, 0.25) is 5.91 Å². The van der Waals surface area contributed by atoms with E-state index in [4.69, 9.17) is 10.5 Å². The predicted octanol–water partition coefficient (Wildman–Crippen LogP) is 1.53. The van der Waals surface area contributed by atoms with E-state index in [1.165, 1.54) is 4.88 Å². The van der Waals surface area contributed by atoms with Gasteiger partial charge in [-0.25, -0.2) is 0 Å². The topological polar surface area (TPSA) is 55.6 Å². The molecule has 5 heteroatoms. The average Bonchev–Trinajstić information content (AvgIpc) is 3.02. The van der Waals surface area contributed by atoms with Crippen LogP contribution in [-0.4, -0.2) is 36.1 Å². The van der Waals surface area contributed by atoms with Crippen LogP contribution in [0.25, 0.3) is 0 Å². The molecule has 3 heterocycles. The number of carbonyl (C=O) groups excluding carboxylic acids is 1. The number of likely N-dealkylation sites (tertiary alicyclic amines) is 1. The van der Waals surface area contributed by atoms with E-state index in [9.17, 15) is 4.79 Å². The molecule has 0 aromatic carbocycles. The van der Waals surface area contributed by atoms with Crippen molar-refractivity contribution in [3.05, 3.63) is 22.4 Å². The summed E-state index contributed by atoms with van der Waals surface area (Å²) in [6.07, 6.45) is 2.80. The van der Waals surface area contributed by atoms with Crippen LogP contribution >= 0.6 is 11.3 Å². The van der Waals surface area contributed by atoms with Crippen LogP contribution < -0.4 is 5.73 Å². The summed E-state index contributed by atoms with van der Waals surface area (Å²) in [5.74, 6) is 0.163. The summed E-state index contributed by atoms with van der Waals surface area (Å²) in [5, 5.41) is 2.04. The third-order valence-corrected chi connectivity index (χ3v) is 4.67. The molecule has 4 nitrogen and oxygen atoms in total. The number of carbonyl (C=O) groups is 1. The van der Waals surface area contributed by atoms with E-state index in [0.29, 0.717) is 13.0 Å².